The highest BCUT2D eigenvalue weighted by atomic mass is 14.7. The Kier molecular flexibility index (Phi) is 1.88. The van der Waals surface area contributed by atoms with E-state index in [1.165, 1.54) is 11.1 Å². The van der Waals surface area contributed by atoms with Gasteiger partial charge < -0.3 is 0 Å². The van der Waals surface area contributed by atoms with E-state index in [0.717, 1.165) is 5.69 Å². The molecule has 15 heavy (non-hydrogen) atoms. The van der Waals surface area contributed by atoms with E-state index in [-0.39, 0.29) is 0 Å². The number of allylic oxidation sites excluding steroid dienone is 1. The highest BCUT2D eigenvalue weighted by molar-refractivity contribution is 5.64. The van der Waals surface area contributed by atoms with Crippen LogP contribution in [0, 0.1) is 0 Å². The van der Waals surface area contributed by atoms with E-state index in [2.05, 4.69) is 47.5 Å². The number of hydrogen-bond acceptors (Lipinski definition) is 1. The Labute approximate surface area is 89.1 Å². The highest BCUT2D eigenvalue weighted by Crippen LogP contribution is 2.33. The lowest BCUT2D eigenvalue weighted by Gasteiger charge is -2.09. The molecule has 0 bridgehead atoms. The van der Waals surface area contributed by atoms with Gasteiger partial charge in [-0.2, -0.15) is 0 Å². The monoisotopic (exact) mass is 193 g/mol. The van der Waals surface area contributed by atoms with E-state index in [0.29, 0.717) is 5.92 Å². The smallest absolute Gasteiger partial charge is 0.0516 e. The van der Waals surface area contributed by atoms with Gasteiger partial charge in [-0.05, 0) is 23.3 Å². The van der Waals surface area contributed by atoms with Crippen LogP contribution in [0.2, 0.25) is 0 Å². The van der Waals surface area contributed by atoms with E-state index < -0.39 is 0 Å². The lowest BCUT2D eigenvalue weighted by atomic mass is 9.97. The van der Waals surface area contributed by atoms with Crippen molar-refractivity contribution in [2.45, 2.75) is 5.92 Å². The van der Waals surface area contributed by atoms with Gasteiger partial charge in [0.05, 0.1) is 5.69 Å². The first-order valence-electron chi connectivity index (χ1n) is 5.13. The zero-order chi connectivity index (χ0) is 10.1. The minimum Gasteiger partial charge on any atom is -0.260 e. The molecule has 1 aromatic heterocycles. The van der Waals surface area contributed by atoms with E-state index in [4.69, 9.17) is 0 Å². The maximum atomic E-state index is 4.41. The molecule has 0 N–H and O–H groups in total. The van der Waals surface area contributed by atoms with Gasteiger partial charge in [-0.15, -0.1) is 0 Å². The second-order valence-electron chi connectivity index (χ2n) is 3.72. The first-order valence-corrected chi connectivity index (χ1v) is 5.13. The van der Waals surface area contributed by atoms with Crippen molar-refractivity contribution in [2.75, 3.05) is 0 Å². The Morgan fingerprint density at radius 1 is 0.933 bits per heavy atom. The molecule has 1 aliphatic carbocycles. The lowest BCUT2D eigenvalue weighted by Crippen LogP contribution is -1.97. The number of nitrogens with zero attached hydrogens (tertiary/aromatic N) is 1. The fraction of sp³-hybridized carbons (Fsp3) is 0.0714. The maximum Gasteiger partial charge on any atom is 0.0516 e. The molecule has 0 saturated heterocycles. The van der Waals surface area contributed by atoms with Crippen LogP contribution >= 0.6 is 0 Å². The number of rotatable bonds is 1. The van der Waals surface area contributed by atoms with Gasteiger partial charge in [-0.1, -0.05) is 42.5 Å². The van der Waals surface area contributed by atoms with Crippen molar-refractivity contribution in [1.82, 2.24) is 4.98 Å². The SMILES string of the molecule is C1=CC(c2ccccn2)c2ccccc21. The summed E-state index contributed by atoms with van der Waals surface area (Å²) in [6, 6.07) is 14.6. The van der Waals surface area contributed by atoms with Gasteiger partial charge in [-0.25, -0.2) is 0 Å². The van der Waals surface area contributed by atoms with Crippen LogP contribution in [-0.2, 0) is 0 Å². The molecule has 0 radical (unpaired) electrons. The predicted octanol–water partition coefficient (Wildman–Crippen LogP) is 3.24. The van der Waals surface area contributed by atoms with Crippen LogP contribution in [0.5, 0.6) is 0 Å². The van der Waals surface area contributed by atoms with Crippen molar-refractivity contribution in [3.05, 3.63) is 71.6 Å². The average molecular weight is 193 g/mol. The summed E-state index contributed by atoms with van der Waals surface area (Å²) in [5.74, 6) is 0.336. The molecule has 0 fully saturated rings. The molecule has 1 aliphatic rings. The van der Waals surface area contributed by atoms with Crippen LogP contribution in [0.1, 0.15) is 22.7 Å². The van der Waals surface area contributed by atoms with Crippen LogP contribution in [-0.4, -0.2) is 4.98 Å². The summed E-state index contributed by atoms with van der Waals surface area (Å²) in [6.07, 6.45) is 6.24. The van der Waals surface area contributed by atoms with Crippen molar-refractivity contribution in [3.63, 3.8) is 0 Å². The first kappa shape index (κ1) is 8.42. The fourth-order valence-electron chi connectivity index (χ4n) is 2.07. The van der Waals surface area contributed by atoms with Gasteiger partial charge in [0.25, 0.3) is 0 Å². The zero-order valence-corrected chi connectivity index (χ0v) is 8.30. The molecule has 1 heterocycles. The van der Waals surface area contributed by atoms with Gasteiger partial charge in [0.15, 0.2) is 0 Å². The van der Waals surface area contributed by atoms with E-state index in [1.807, 2.05) is 18.3 Å². The van der Waals surface area contributed by atoms with Crippen molar-refractivity contribution in [3.8, 4) is 0 Å². The summed E-state index contributed by atoms with van der Waals surface area (Å²) >= 11 is 0. The summed E-state index contributed by atoms with van der Waals surface area (Å²) in [6.45, 7) is 0. The Hall–Kier alpha value is -1.89. The Balaban J connectivity index is 2.09. The standard InChI is InChI=1S/C14H11N/c1-2-6-12-11(5-1)8-9-13(12)14-7-3-4-10-15-14/h1-10,13H. The topological polar surface area (TPSA) is 12.9 Å². The molecule has 1 nitrogen and oxygen atoms in total. The van der Waals surface area contributed by atoms with Crippen LogP contribution in [0.4, 0.5) is 0 Å². The predicted molar refractivity (Wildman–Crippen MR) is 61.6 cm³/mol. The molecule has 0 spiro atoms. The summed E-state index contributed by atoms with van der Waals surface area (Å²) in [7, 11) is 0. The Morgan fingerprint density at radius 2 is 1.80 bits per heavy atom. The lowest BCUT2D eigenvalue weighted by molar-refractivity contribution is 0.971. The third kappa shape index (κ3) is 1.37. The molecule has 1 atom stereocenters. The molecule has 72 valence electrons. The highest BCUT2D eigenvalue weighted by Gasteiger charge is 2.18. The molecule has 2 aromatic rings. The van der Waals surface area contributed by atoms with Crippen molar-refractivity contribution in [1.29, 1.82) is 0 Å². The molecule has 3 rings (SSSR count). The normalized spacial score (nSPS) is 17.7. The second-order valence-corrected chi connectivity index (χ2v) is 3.72. The third-order valence-electron chi connectivity index (χ3n) is 2.81. The number of benzene rings is 1. The van der Waals surface area contributed by atoms with Crippen molar-refractivity contribution < 1.29 is 0 Å². The quantitative estimate of drug-likeness (QED) is 0.677. The zero-order valence-electron chi connectivity index (χ0n) is 8.30. The maximum absolute atomic E-state index is 4.41. The van der Waals surface area contributed by atoms with Gasteiger partial charge in [0.2, 0.25) is 0 Å². The van der Waals surface area contributed by atoms with Crippen LogP contribution < -0.4 is 0 Å². The van der Waals surface area contributed by atoms with E-state index in [1.54, 1.807) is 0 Å². The molecule has 1 aromatic carbocycles. The van der Waals surface area contributed by atoms with Crippen LogP contribution in [0.25, 0.3) is 6.08 Å². The van der Waals surface area contributed by atoms with E-state index in [9.17, 15) is 0 Å². The van der Waals surface area contributed by atoms with Gasteiger partial charge in [0.1, 0.15) is 0 Å². The summed E-state index contributed by atoms with van der Waals surface area (Å²) in [4.78, 5) is 4.41. The minimum atomic E-state index is 0.336. The number of pyridine rings is 1. The minimum absolute atomic E-state index is 0.336. The Morgan fingerprint density at radius 3 is 2.67 bits per heavy atom. The summed E-state index contributed by atoms with van der Waals surface area (Å²) in [5.41, 5.74) is 3.79. The fourth-order valence-corrected chi connectivity index (χ4v) is 2.07. The first-order chi connectivity index (χ1) is 7.45. The number of hydrogen-bond donors (Lipinski definition) is 0. The average Bonchev–Trinajstić information content (AvgIpc) is 2.74. The summed E-state index contributed by atoms with van der Waals surface area (Å²) < 4.78 is 0. The van der Waals surface area contributed by atoms with Crippen molar-refractivity contribution >= 4 is 6.08 Å². The number of aromatic nitrogens is 1. The van der Waals surface area contributed by atoms with Gasteiger partial charge >= 0.3 is 0 Å². The molecule has 1 heteroatoms. The molecule has 0 saturated carbocycles. The molecule has 0 amide bonds. The third-order valence-corrected chi connectivity index (χ3v) is 2.81. The molecule has 1 unspecified atom stereocenters. The summed E-state index contributed by atoms with van der Waals surface area (Å²) in [5, 5.41) is 0. The second kappa shape index (κ2) is 3.35. The number of fused-ring (bicyclic) bond motifs is 1. The van der Waals surface area contributed by atoms with Crippen LogP contribution in [0.3, 0.4) is 0 Å². The van der Waals surface area contributed by atoms with Gasteiger partial charge in [0, 0.05) is 12.1 Å². The molecular weight excluding hydrogens is 182 g/mol. The molecular formula is C14H11N. The largest absolute Gasteiger partial charge is 0.260 e. The Bertz CT molecular complexity index is 500. The van der Waals surface area contributed by atoms with Gasteiger partial charge in [-0.3, -0.25) is 4.98 Å². The van der Waals surface area contributed by atoms with Crippen molar-refractivity contribution in [2.24, 2.45) is 0 Å². The molecule has 0 aliphatic heterocycles. The van der Waals surface area contributed by atoms with Crippen LogP contribution in [0.15, 0.2) is 54.7 Å². The van der Waals surface area contributed by atoms with E-state index >= 15 is 0 Å².